The third-order valence-electron chi connectivity index (χ3n) is 4.93. The van der Waals surface area contributed by atoms with Gasteiger partial charge in [-0.15, -0.1) is 0 Å². The molecule has 0 spiro atoms. The van der Waals surface area contributed by atoms with Gasteiger partial charge in [-0.1, -0.05) is 54.6 Å². The molecule has 3 aromatic carbocycles. The van der Waals surface area contributed by atoms with Crippen molar-refractivity contribution in [1.82, 2.24) is 4.90 Å². The summed E-state index contributed by atoms with van der Waals surface area (Å²) in [5.41, 5.74) is 1.90. The number of ether oxygens (including phenoxy) is 1. The van der Waals surface area contributed by atoms with E-state index in [2.05, 4.69) is 67.5 Å². The molecule has 0 aliphatic heterocycles. The molecule has 0 aromatic heterocycles. The van der Waals surface area contributed by atoms with Crippen LogP contribution in [-0.2, 0) is 11.2 Å². The minimum Gasteiger partial charge on any atom is -0.426 e. The Morgan fingerprint density at radius 3 is 2.32 bits per heavy atom. The first-order chi connectivity index (χ1) is 13.2. The van der Waals surface area contributed by atoms with Crippen LogP contribution in [0.1, 0.15) is 37.9 Å². The number of likely N-dealkylation sites (N-methyl/N-ethyl adjacent to an activating group) is 1. The molecule has 1 unspecified atom stereocenters. The first kappa shape index (κ1) is 20.1. The largest absolute Gasteiger partial charge is 0.426 e. The van der Waals surface area contributed by atoms with Crippen LogP contribution >= 0.6 is 0 Å². The first-order valence-electron chi connectivity index (χ1n) is 9.70. The van der Waals surface area contributed by atoms with Crippen molar-refractivity contribution in [2.45, 2.75) is 33.2 Å². The van der Waals surface area contributed by atoms with Crippen molar-refractivity contribution >= 4 is 16.7 Å². The lowest BCUT2D eigenvalue weighted by molar-refractivity contribution is -0.143. The second-order valence-corrected chi connectivity index (χ2v) is 8.58. The van der Waals surface area contributed by atoms with Crippen molar-refractivity contribution in [3.63, 3.8) is 0 Å². The van der Waals surface area contributed by atoms with Crippen LogP contribution in [0.4, 0.5) is 0 Å². The maximum atomic E-state index is 12.2. The second kappa shape index (κ2) is 8.15. The summed E-state index contributed by atoms with van der Waals surface area (Å²) in [6.07, 6.45) is 0.883. The van der Waals surface area contributed by atoms with Gasteiger partial charge in [-0.05, 0) is 75.3 Å². The van der Waals surface area contributed by atoms with Crippen LogP contribution in [-0.4, -0.2) is 25.0 Å². The summed E-state index contributed by atoms with van der Waals surface area (Å²) < 4.78 is 5.60. The molecule has 0 heterocycles. The van der Waals surface area contributed by atoms with Gasteiger partial charge < -0.3 is 9.64 Å². The van der Waals surface area contributed by atoms with Gasteiger partial charge in [0.1, 0.15) is 5.75 Å². The monoisotopic (exact) mass is 375 g/mol. The van der Waals surface area contributed by atoms with Gasteiger partial charge in [0.05, 0.1) is 5.41 Å². The van der Waals surface area contributed by atoms with Crippen LogP contribution in [0.15, 0.2) is 66.7 Å². The molecule has 0 radical (unpaired) electrons. The molecule has 0 amide bonds. The number of nitrogens with zero attached hydrogens (tertiary/aromatic N) is 1. The molecule has 3 rings (SSSR count). The topological polar surface area (TPSA) is 29.5 Å². The summed E-state index contributed by atoms with van der Waals surface area (Å²) in [6.45, 7) is 5.59. The summed E-state index contributed by atoms with van der Waals surface area (Å²) in [7, 11) is 4.17. The van der Waals surface area contributed by atoms with Gasteiger partial charge in [-0.3, -0.25) is 4.79 Å². The van der Waals surface area contributed by atoms with E-state index in [1.54, 1.807) is 0 Å². The molecule has 146 valence electrons. The molecule has 28 heavy (non-hydrogen) atoms. The number of benzene rings is 3. The van der Waals surface area contributed by atoms with Crippen LogP contribution in [0.2, 0.25) is 0 Å². The van der Waals surface area contributed by atoms with Crippen molar-refractivity contribution in [1.29, 1.82) is 0 Å². The Balaban J connectivity index is 1.85. The van der Waals surface area contributed by atoms with Gasteiger partial charge in [0, 0.05) is 6.04 Å². The van der Waals surface area contributed by atoms with E-state index in [4.69, 9.17) is 4.74 Å². The lowest BCUT2D eigenvalue weighted by Gasteiger charge is -2.26. The van der Waals surface area contributed by atoms with Gasteiger partial charge in [0.2, 0.25) is 0 Å². The Morgan fingerprint density at radius 1 is 0.929 bits per heavy atom. The summed E-state index contributed by atoms with van der Waals surface area (Å²) in [5.74, 6) is 0.378. The highest BCUT2D eigenvalue weighted by Gasteiger charge is 2.24. The summed E-state index contributed by atoms with van der Waals surface area (Å²) in [4.78, 5) is 14.4. The highest BCUT2D eigenvalue weighted by Crippen LogP contribution is 2.28. The Hall–Kier alpha value is -2.65. The molecular formula is C25H29NO2. The Morgan fingerprint density at radius 2 is 1.64 bits per heavy atom. The Bertz CT molecular complexity index is 969. The van der Waals surface area contributed by atoms with Crippen molar-refractivity contribution < 1.29 is 9.53 Å². The highest BCUT2D eigenvalue weighted by atomic mass is 16.5. The number of fused-ring (bicyclic) bond motifs is 1. The third kappa shape index (κ3) is 4.79. The predicted octanol–water partition coefficient (Wildman–Crippen LogP) is 5.64. The predicted molar refractivity (Wildman–Crippen MR) is 116 cm³/mol. The zero-order valence-corrected chi connectivity index (χ0v) is 17.4. The van der Waals surface area contributed by atoms with Crippen molar-refractivity contribution in [2.24, 2.45) is 5.41 Å². The van der Waals surface area contributed by atoms with E-state index in [0.29, 0.717) is 5.75 Å². The fourth-order valence-electron chi connectivity index (χ4n) is 3.23. The molecule has 1 atom stereocenters. The zero-order chi connectivity index (χ0) is 20.3. The van der Waals surface area contributed by atoms with Gasteiger partial charge >= 0.3 is 5.97 Å². The number of rotatable bonds is 5. The summed E-state index contributed by atoms with van der Waals surface area (Å²) in [6, 6.07) is 23.1. The molecule has 0 saturated heterocycles. The molecule has 3 aromatic rings. The van der Waals surface area contributed by atoms with Crippen LogP contribution in [0.25, 0.3) is 10.8 Å². The molecule has 3 heteroatoms. The molecule has 3 nitrogen and oxygen atoms in total. The number of carbonyl (C=O) groups excluding carboxylic acids is 1. The SMILES string of the molecule is CN(C)C(Cc1ccc2ccccc2c1)c1cccc(OC(=O)C(C)(C)C)c1. The molecule has 0 bridgehead atoms. The molecule has 0 aliphatic carbocycles. The van der Waals surface area contributed by atoms with E-state index >= 15 is 0 Å². The Kier molecular flexibility index (Phi) is 5.85. The van der Waals surface area contributed by atoms with Crippen molar-refractivity contribution in [2.75, 3.05) is 14.1 Å². The van der Waals surface area contributed by atoms with E-state index in [9.17, 15) is 4.79 Å². The minimum absolute atomic E-state index is 0.189. The highest BCUT2D eigenvalue weighted by molar-refractivity contribution is 5.83. The molecule has 0 saturated carbocycles. The van der Waals surface area contributed by atoms with Crippen molar-refractivity contribution in [3.05, 3.63) is 77.9 Å². The van der Waals surface area contributed by atoms with E-state index in [-0.39, 0.29) is 12.0 Å². The lowest BCUT2D eigenvalue weighted by atomic mass is 9.96. The smallest absolute Gasteiger partial charge is 0.316 e. The zero-order valence-electron chi connectivity index (χ0n) is 17.4. The van der Waals surface area contributed by atoms with E-state index in [0.717, 1.165) is 12.0 Å². The van der Waals surface area contributed by atoms with Crippen molar-refractivity contribution in [3.8, 4) is 5.75 Å². The fourth-order valence-corrected chi connectivity index (χ4v) is 3.23. The number of hydrogen-bond acceptors (Lipinski definition) is 3. The quantitative estimate of drug-likeness (QED) is 0.427. The summed E-state index contributed by atoms with van der Waals surface area (Å²) in [5, 5.41) is 2.51. The number of hydrogen-bond donors (Lipinski definition) is 0. The number of carbonyl (C=O) groups is 1. The van der Waals surface area contributed by atoms with E-state index < -0.39 is 5.41 Å². The second-order valence-electron chi connectivity index (χ2n) is 8.58. The minimum atomic E-state index is -0.526. The molecular weight excluding hydrogens is 346 g/mol. The van der Waals surface area contributed by atoms with E-state index in [1.807, 2.05) is 39.0 Å². The fraction of sp³-hybridized carbons (Fsp3) is 0.320. The Labute approximate surface area is 167 Å². The van der Waals surface area contributed by atoms with Gasteiger partial charge in [-0.25, -0.2) is 0 Å². The average Bonchev–Trinajstić information content (AvgIpc) is 2.65. The molecule has 0 aliphatic rings. The normalized spacial score (nSPS) is 12.9. The maximum Gasteiger partial charge on any atom is 0.316 e. The third-order valence-corrected chi connectivity index (χ3v) is 4.93. The van der Waals surface area contributed by atoms with E-state index in [1.165, 1.54) is 16.3 Å². The van der Waals surface area contributed by atoms with Crippen LogP contribution < -0.4 is 4.74 Å². The standard InChI is InChI=1S/C25H29NO2/c1-25(2,3)24(27)28-22-12-8-11-21(17-22)23(26(4)5)16-18-13-14-19-9-6-7-10-20(19)15-18/h6-15,17,23H,16H2,1-5H3. The van der Waals surface area contributed by atoms with Crippen LogP contribution in [0, 0.1) is 5.41 Å². The molecule has 0 N–H and O–H groups in total. The number of esters is 1. The summed E-state index contributed by atoms with van der Waals surface area (Å²) >= 11 is 0. The van der Waals surface area contributed by atoms with Gasteiger partial charge in [-0.2, -0.15) is 0 Å². The van der Waals surface area contributed by atoms with Crippen LogP contribution in [0.5, 0.6) is 5.75 Å². The van der Waals surface area contributed by atoms with Crippen LogP contribution in [0.3, 0.4) is 0 Å². The van der Waals surface area contributed by atoms with Gasteiger partial charge in [0.15, 0.2) is 0 Å². The maximum absolute atomic E-state index is 12.2. The average molecular weight is 376 g/mol. The van der Waals surface area contributed by atoms with Gasteiger partial charge in [0.25, 0.3) is 0 Å². The molecule has 0 fully saturated rings. The lowest BCUT2D eigenvalue weighted by Crippen LogP contribution is -2.26. The first-order valence-corrected chi connectivity index (χ1v) is 9.70.